The van der Waals surface area contributed by atoms with E-state index >= 15 is 0 Å². The number of pyridine rings is 1. The topological polar surface area (TPSA) is 94.0 Å². The van der Waals surface area contributed by atoms with Crippen LogP contribution in [0.15, 0.2) is 60.8 Å². The molecule has 0 spiro atoms. The highest BCUT2D eigenvalue weighted by atomic mass is 16.4. The van der Waals surface area contributed by atoms with E-state index in [4.69, 9.17) is 5.73 Å². The first-order valence-electron chi connectivity index (χ1n) is 9.60. The van der Waals surface area contributed by atoms with Gasteiger partial charge in [-0.05, 0) is 41.8 Å². The number of aryl methyl sites for hydroxylation is 1. The maximum absolute atomic E-state index is 11.5. The zero-order valence-corrected chi connectivity index (χ0v) is 16.2. The molecule has 0 fully saturated rings. The average molecular weight is 386 g/mol. The summed E-state index contributed by atoms with van der Waals surface area (Å²) >= 11 is 0. The normalized spacial score (nSPS) is 11.1. The highest BCUT2D eigenvalue weighted by Gasteiger charge is 2.16. The molecule has 2 aromatic carbocycles. The maximum atomic E-state index is 11.5. The average Bonchev–Trinajstić information content (AvgIpc) is 3.17. The molecule has 0 saturated heterocycles. The molecule has 0 amide bonds. The highest BCUT2D eigenvalue weighted by Crippen LogP contribution is 2.31. The molecule has 29 heavy (non-hydrogen) atoms. The first kappa shape index (κ1) is 18.8. The first-order chi connectivity index (χ1) is 14.1. The summed E-state index contributed by atoms with van der Waals surface area (Å²) in [5.74, 6) is -1.01. The number of hydrogen-bond donors (Lipinski definition) is 2. The van der Waals surface area contributed by atoms with Gasteiger partial charge >= 0.3 is 5.97 Å². The summed E-state index contributed by atoms with van der Waals surface area (Å²) in [6.07, 6.45) is 2.76. The van der Waals surface area contributed by atoms with Crippen LogP contribution in [-0.4, -0.2) is 32.4 Å². The lowest BCUT2D eigenvalue weighted by atomic mass is 9.95. The standard InChI is InChI=1S/C23H22N4O2/c1-2-15-7-8-17(21-13-22(23(28)29)27(26-21)10-9-24)12-19(15)18-11-16-5-3-4-6-20(16)25-14-18/h3-8,11-14H,2,9-10,24H2,1H3,(H,28,29). The fourth-order valence-corrected chi connectivity index (χ4v) is 3.55. The molecule has 6 heteroatoms. The van der Waals surface area contributed by atoms with Gasteiger partial charge in [-0.1, -0.05) is 37.3 Å². The summed E-state index contributed by atoms with van der Waals surface area (Å²) in [6.45, 7) is 2.80. The molecule has 0 unspecified atom stereocenters. The number of para-hydroxylation sites is 1. The van der Waals surface area contributed by atoms with Crippen molar-refractivity contribution in [1.29, 1.82) is 0 Å². The zero-order valence-electron chi connectivity index (χ0n) is 16.2. The first-order valence-corrected chi connectivity index (χ1v) is 9.60. The Labute approximate surface area is 168 Å². The van der Waals surface area contributed by atoms with Gasteiger partial charge in [0.2, 0.25) is 0 Å². The lowest BCUT2D eigenvalue weighted by Gasteiger charge is -2.11. The highest BCUT2D eigenvalue weighted by molar-refractivity contribution is 5.88. The number of rotatable bonds is 6. The third-order valence-electron chi connectivity index (χ3n) is 5.03. The molecule has 6 nitrogen and oxygen atoms in total. The summed E-state index contributed by atoms with van der Waals surface area (Å²) in [7, 11) is 0. The van der Waals surface area contributed by atoms with E-state index in [1.54, 1.807) is 6.07 Å². The van der Waals surface area contributed by atoms with E-state index in [1.807, 2.05) is 30.5 Å². The number of aromatic carboxylic acids is 1. The molecular weight excluding hydrogens is 364 g/mol. The molecule has 0 aliphatic carbocycles. The van der Waals surface area contributed by atoms with E-state index in [1.165, 1.54) is 10.2 Å². The minimum atomic E-state index is -1.01. The van der Waals surface area contributed by atoms with Gasteiger partial charge in [0.15, 0.2) is 0 Å². The molecular formula is C23H22N4O2. The Morgan fingerprint density at radius 3 is 2.69 bits per heavy atom. The second-order valence-corrected chi connectivity index (χ2v) is 6.87. The van der Waals surface area contributed by atoms with Crippen LogP contribution in [0.2, 0.25) is 0 Å². The summed E-state index contributed by atoms with van der Waals surface area (Å²) in [6, 6.07) is 17.9. The fourth-order valence-electron chi connectivity index (χ4n) is 3.55. The van der Waals surface area contributed by atoms with Crippen molar-refractivity contribution in [2.45, 2.75) is 19.9 Å². The smallest absolute Gasteiger partial charge is 0.354 e. The molecule has 2 heterocycles. The van der Waals surface area contributed by atoms with E-state index < -0.39 is 5.97 Å². The van der Waals surface area contributed by atoms with Gasteiger partial charge < -0.3 is 10.8 Å². The molecule has 0 aliphatic heterocycles. The van der Waals surface area contributed by atoms with Crippen molar-refractivity contribution in [3.05, 3.63) is 72.1 Å². The Morgan fingerprint density at radius 2 is 1.93 bits per heavy atom. The molecule has 4 aromatic rings. The van der Waals surface area contributed by atoms with Crippen LogP contribution < -0.4 is 5.73 Å². The molecule has 4 rings (SSSR count). The number of nitrogens with zero attached hydrogens (tertiary/aromatic N) is 3. The van der Waals surface area contributed by atoms with Crippen molar-refractivity contribution in [3.63, 3.8) is 0 Å². The molecule has 3 N–H and O–H groups in total. The molecule has 0 aliphatic rings. The van der Waals surface area contributed by atoms with Crippen molar-refractivity contribution in [2.24, 2.45) is 5.73 Å². The number of carboxylic acid groups (broad SMARTS) is 1. The van der Waals surface area contributed by atoms with Crippen LogP contribution in [-0.2, 0) is 13.0 Å². The Morgan fingerprint density at radius 1 is 1.10 bits per heavy atom. The Balaban J connectivity index is 1.83. The molecule has 0 bridgehead atoms. The molecule has 2 aromatic heterocycles. The number of aromatic nitrogens is 3. The largest absolute Gasteiger partial charge is 0.477 e. The molecule has 0 radical (unpaired) electrons. The lowest BCUT2D eigenvalue weighted by molar-refractivity contribution is 0.0683. The Hall–Kier alpha value is -3.51. The molecule has 146 valence electrons. The van der Waals surface area contributed by atoms with Gasteiger partial charge in [0.1, 0.15) is 5.69 Å². The van der Waals surface area contributed by atoms with E-state index in [-0.39, 0.29) is 5.69 Å². The zero-order chi connectivity index (χ0) is 20.4. The van der Waals surface area contributed by atoms with Crippen LogP contribution in [0.25, 0.3) is 33.3 Å². The lowest BCUT2D eigenvalue weighted by Crippen LogP contribution is -2.16. The van der Waals surface area contributed by atoms with Crippen molar-refractivity contribution >= 4 is 16.9 Å². The van der Waals surface area contributed by atoms with Crippen molar-refractivity contribution in [2.75, 3.05) is 6.54 Å². The van der Waals surface area contributed by atoms with Crippen LogP contribution in [0, 0.1) is 0 Å². The number of benzene rings is 2. The van der Waals surface area contributed by atoms with E-state index in [2.05, 4.69) is 41.3 Å². The Kier molecular flexibility index (Phi) is 5.10. The quantitative estimate of drug-likeness (QED) is 0.523. The summed E-state index contributed by atoms with van der Waals surface area (Å²) in [5, 5.41) is 15.0. The van der Waals surface area contributed by atoms with Crippen LogP contribution in [0.1, 0.15) is 23.0 Å². The second kappa shape index (κ2) is 7.85. The van der Waals surface area contributed by atoms with E-state index in [0.717, 1.165) is 34.0 Å². The van der Waals surface area contributed by atoms with Gasteiger partial charge in [-0.2, -0.15) is 5.10 Å². The number of carboxylic acids is 1. The van der Waals surface area contributed by atoms with Gasteiger partial charge in [0.25, 0.3) is 0 Å². The van der Waals surface area contributed by atoms with Crippen molar-refractivity contribution in [3.8, 4) is 22.4 Å². The maximum Gasteiger partial charge on any atom is 0.354 e. The van der Waals surface area contributed by atoms with Gasteiger partial charge in [0, 0.05) is 29.3 Å². The predicted molar refractivity (Wildman–Crippen MR) is 114 cm³/mol. The van der Waals surface area contributed by atoms with Gasteiger partial charge in [-0.25, -0.2) is 4.79 Å². The van der Waals surface area contributed by atoms with Crippen LogP contribution in [0.4, 0.5) is 0 Å². The minimum absolute atomic E-state index is 0.138. The fraction of sp³-hybridized carbons (Fsp3) is 0.174. The minimum Gasteiger partial charge on any atom is -0.477 e. The van der Waals surface area contributed by atoms with Crippen LogP contribution in [0.3, 0.4) is 0 Å². The van der Waals surface area contributed by atoms with E-state index in [0.29, 0.717) is 18.8 Å². The van der Waals surface area contributed by atoms with Gasteiger partial charge in [-0.3, -0.25) is 9.67 Å². The van der Waals surface area contributed by atoms with Gasteiger partial charge in [0.05, 0.1) is 17.8 Å². The van der Waals surface area contributed by atoms with Crippen molar-refractivity contribution < 1.29 is 9.90 Å². The van der Waals surface area contributed by atoms with Crippen LogP contribution in [0.5, 0.6) is 0 Å². The number of hydrogen-bond acceptors (Lipinski definition) is 4. The monoisotopic (exact) mass is 386 g/mol. The SMILES string of the molecule is CCc1ccc(-c2cc(C(=O)O)n(CCN)n2)cc1-c1cnc2ccccc2c1. The third-order valence-corrected chi connectivity index (χ3v) is 5.03. The summed E-state index contributed by atoms with van der Waals surface area (Å²) < 4.78 is 1.45. The predicted octanol–water partition coefficient (Wildman–Crippen LogP) is 3.98. The Bertz CT molecular complexity index is 1200. The van der Waals surface area contributed by atoms with E-state index in [9.17, 15) is 9.90 Å². The number of fused-ring (bicyclic) bond motifs is 1. The molecule has 0 saturated carbocycles. The number of nitrogens with two attached hydrogens (primary N) is 1. The van der Waals surface area contributed by atoms with Crippen LogP contribution >= 0.6 is 0 Å². The molecule has 0 atom stereocenters. The third kappa shape index (κ3) is 3.62. The summed E-state index contributed by atoms with van der Waals surface area (Å²) in [5.41, 5.74) is 11.5. The van der Waals surface area contributed by atoms with Gasteiger partial charge in [-0.15, -0.1) is 0 Å². The van der Waals surface area contributed by atoms with Crippen molar-refractivity contribution in [1.82, 2.24) is 14.8 Å². The second-order valence-electron chi connectivity index (χ2n) is 6.87. The summed E-state index contributed by atoms with van der Waals surface area (Å²) in [4.78, 5) is 16.1. The number of carbonyl (C=O) groups is 1.